The van der Waals surface area contributed by atoms with Crippen LogP contribution in [0, 0.1) is 23.2 Å². The highest BCUT2D eigenvalue weighted by Crippen LogP contribution is 2.26. The van der Waals surface area contributed by atoms with Crippen LogP contribution in [0.1, 0.15) is 19.4 Å². The molecule has 1 rings (SSSR count). The summed E-state index contributed by atoms with van der Waals surface area (Å²) in [6.07, 6.45) is 1.91. The number of aliphatic carboxylic acids is 1. The Morgan fingerprint density at radius 1 is 1.53 bits per heavy atom. The normalized spacial score (nSPS) is 11.9. The van der Waals surface area contributed by atoms with Gasteiger partial charge in [0.2, 0.25) is 0 Å². The van der Waals surface area contributed by atoms with Gasteiger partial charge in [-0.25, -0.2) is 0 Å². The van der Waals surface area contributed by atoms with Crippen LogP contribution in [-0.4, -0.2) is 23.9 Å². The number of nitrogens with zero attached hydrogens (tertiary/aromatic N) is 1. The van der Waals surface area contributed by atoms with Crippen molar-refractivity contribution in [3.8, 4) is 6.07 Å². The number of carboxylic acid groups (broad SMARTS) is 1. The first kappa shape index (κ1) is 15.4. The van der Waals surface area contributed by atoms with Crippen molar-refractivity contribution in [2.45, 2.75) is 18.7 Å². The summed E-state index contributed by atoms with van der Waals surface area (Å²) < 4.78 is 0. The Morgan fingerprint density at radius 3 is 2.68 bits per heavy atom. The lowest BCUT2D eigenvalue weighted by atomic mass is 9.96. The molecular formula is C14H18N2O2S. The second-order valence-corrected chi connectivity index (χ2v) is 5.41. The molecule has 0 aliphatic rings. The molecule has 19 heavy (non-hydrogen) atoms. The van der Waals surface area contributed by atoms with Crippen molar-refractivity contribution in [2.24, 2.45) is 11.8 Å². The third-order valence-electron chi connectivity index (χ3n) is 2.99. The molecule has 1 aromatic rings. The van der Waals surface area contributed by atoms with Gasteiger partial charge in [0.15, 0.2) is 0 Å². The highest BCUT2D eigenvalue weighted by Gasteiger charge is 2.21. The lowest BCUT2D eigenvalue weighted by Crippen LogP contribution is -2.27. The second kappa shape index (κ2) is 7.05. The summed E-state index contributed by atoms with van der Waals surface area (Å²) in [6, 6.07) is 7.71. The van der Waals surface area contributed by atoms with Crippen LogP contribution in [0.4, 0.5) is 5.69 Å². The van der Waals surface area contributed by atoms with E-state index in [-0.39, 0.29) is 5.92 Å². The Bertz CT molecular complexity index is 495. The molecule has 5 heteroatoms. The molecule has 0 fully saturated rings. The monoisotopic (exact) mass is 278 g/mol. The first-order chi connectivity index (χ1) is 9.01. The molecular weight excluding hydrogens is 260 g/mol. The van der Waals surface area contributed by atoms with Crippen LogP contribution >= 0.6 is 11.8 Å². The van der Waals surface area contributed by atoms with Crippen LogP contribution in [0.15, 0.2) is 23.1 Å². The van der Waals surface area contributed by atoms with Gasteiger partial charge >= 0.3 is 5.97 Å². The zero-order chi connectivity index (χ0) is 14.4. The first-order valence-corrected chi connectivity index (χ1v) is 7.27. The molecule has 0 saturated carbocycles. The fraction of sp³-hybridized carbons (Fsp3) is 0.429. The molecule has 0 radical (unpaired) electrons. The van der Waals surface area contributed by atoms with Crippen LogP contribution in [-0.2, 0) is 4.79 Å². The van der Waals surface area contributed by atoms with E-state index in [9.17, 15) is 10.1 Å². The van der Waals surface area contributed by atoms with Gasteiger partial charge in [-0.1, -0.05) is 19.9 Å². The van der Waals surface area contributed by atoms with Gasteiger partial charge in [-0.05, 0) is 24.3 Å². The third-order valence-corrected chi connectivity index (χ3v) is 3.77. The summed E-state index contributed by atoms with van der Waals surface area (Å²) in [6.45, 7) is 4.08. The van der Waals surface area contributed by atoms with E-state index in [4.69, 9.17) is 5.11 Å². The van der Waals surface area contributed by atoms with Crippen molar-refractivity contribution in [3.05, 3.63) is 23.8 Å². The Balaban J connectivity index is 2.89. The van der Waals surface area contributed by atoms with E-state index in [1.807, 2.05) is 32.2 Å². The number of carbonyl (C=O) groups is 1. The molecule has 0 aromatic heterocycles. The van der Waals surface area contributed by atoms with Crippen molar-refractivity contribution >= 4 is 23.4 Å². The van der Waals surface area contributed by atoms with E-state index in [2.05, 4.69) is 11.4 Å². The Morgan fingerprint density at radius 2 is 2.21 bits per heavy atom. The average Bonchev–Trinajstić information content (AvgIpc) is 2.37. The van der Waals surface area contributed by atoms with Crippen LogP contribution in [0.2, 0.25) is 0 Å². The molecule has 4 nitrogen and oxygen atoms in total. The van der Waals surface area contributed by atoms with Gasteiger partial charge in [-0.3, -0.25) is 4.79 Å². The summed E-state index contributed by atoms with van der Waals surface area (Å²) in [4.78, 5) is 12.0. The largest absolute Gasteiger partial charge is 0.481 e. The number of nitriles is 1. The molecule has 1 atom stereocenters. The van der Waals surface area contributed by atoms with Gasteiger partial charge in [0.25, 0.3) is 0 Å². The van der Waals surface area contributed by atoms with Gasteiger partial charge < -0.3 is 10.4 Å². The molecule has 0 bridgehead atoms. The van der Waals surface area contributed by atoms with Gasteiger partial charge in [-0.15, -0.1) is 11.8 Å². The minimum Gasteiger partial charge on any atom is -0.481 e. The lowest BCUT2D eigenvalue weighted by molar-refractivity contribution is -0.142. The zero-order valence-electron chi connectivity index (χ0n) is 11.3. The highest BCUT2D eigenvalue weighted by molar-refractivity contribution is 7.98. The summed E-state index contributed by atoms with van der Waals surface area (Å²) >= 11 is 1.50. The van der Waals surface area contributed by atoms with Gasteiger partial charge in [0, 0.05) is 11.4 Å². The average molecular weight is 278 g/mol. The number of nitrogens with one attached hydrogen (secondary N) is 1. The molecule has 0 saturated heterocycles. The van der Waals surface area contributed by atoms with E-state index in [1.54, 1.807) is 6.07 Å². The molecule has 0 aliphatic carbocycles. The molecule has 102 valence electrons. The minimum atomic E-state index is -0.818. The van der Waals surface area contributed by atoms with Crippen LogP contribution in [0.3, 0.4) is 0 Å². The van der Waals surface area contributed by atoms with E-state index in [0.717, 1.165) is 4.90 Å². The SMILES string of the molecule is CSc1cccc(NCC(C(=O)O)C(C)C)c1C#N. The molecule has 0 heterocycles. The zero-order valence-corrected chi connectivity index (χ0v) is 12.1. The summed E-state index contributed by atoms with van der Waals surface area (Å²) in [5, 5.41) is 21.4. The maximum Gasteiger partial charge on any atom is 0.308 e. The van der Waals surface area contributed by atoms with E-state index in [1.165, 1.54) is 11.8 Å². The molecule has 0 aliphatic heterocycles. The first-order valence-electron chi connectivity index (χ1n) is 6.05. The highest BCUT2D eigenvalue weighted by atomic mass is 32.2. The Labute approximate surface area is 117 Å². The van der Waals surface area contributed by atoms with Crippen molar-refractivity contribution in [3.63, 3.8) is 0 Å². The predicted molar refractivity (Wildman–Crippen MR) is 77.4 cm³/mol. The van der Waals surface area contributed by atoms with Crippen LogP contribution < -0.4 is 5.32 Å². The Hall–Kier alpha value is -1.67. The Kier molecular flexibility index (Phi) is 5.71. The van der Waals surface area contributed by atoms with Crippen molar-refractivity contribution in [2.75, 3.05) is 18.1 Å². The number of thioether (sulfide) groups is 1. The molecule has 1 unspecified atom stereocenters. The maximum atomic E-state index is 11.1. The topological polar surface area (TPSA) is 73.1 Å². The minimum absolute atomic E-state index is 0.0410. The van der Waals surface area contributed by atoms with E-state index >= 15 is 0 Å². The molecule has 1 aromatic carbocycles. The summed E-state index contributed by atoms with van der Waals surface area (Å²) in [5.41, 5.74) is 1.27. The lowest BCUT2D eigenvalue weighted by Gasteiger charge is -2.18. The summed E-state index contributed by atoms with van der Waals surface area (Å²) in [7, 11) is 0. The number of hydrogen-bond donors (Lipinski definition) is 2. The fourth-order valence-corrected chi connectivity index (χ4v) is 2.37. The number of benzene rings is 1. The molecule has 0 spiro atoms. The number of rotatable bonds is 6. The van der Waals surface area contributed by atoms with Gasteiger partial charge in [0.1, 0.15) is 6.07 Å². The van der Waals surface area contributed by atoms with Crippen LogP contribution in [0.5, 0.6) is 0 Å². The standard InChI is InChI=1S/C14H18N2O2S/c1-9(2)11(14(17)18)8-16-12-5-4-6-13(19-3)10(12)7-15/h4-6,9,11,16H,8H2,1-3H3,(H,17,18). The van der Waals surface area contributed by atoms with Gasteiger partial charge in [-0.2, -0.15) is 5.26 Å². The fourth-order valence-electron chi connectivity index (χ4n) is 1.79. The smallest absolute Gasteiger partial charge is 0.308 e. The third kappa shape index (κ3) is 3.90. The van der Waals surface area contributed by atoms with Crippen molar-refractivity contribution in [1.82, 2.24) is 0 Å². The van der Waals surface area contributed by atoms with Crippen molar-refractivity contribution < 1.29 is 9.90 Å². The maximum absolute atomic E-state index is 11.1. The quantitative estimate of drug-likeness (QED) is 0.782. The number of anilines is 1. The van der Waals surface area contributed by atoms with E-state index in [0.29, 0.717) is 17.8 Å². The van der Waals surface area contributed by atoms with Crippen LogP contribution in [0.25, 0.3) is 0 Å². The van der Waals surface area contributed by atoms with Gasteiger partial charge in [0.05, 0.1) is 17.2 Å². The summed E-state index contributed by atoms with van der Waals surface area (Å²) in [5.74, 6) is -1.24. The van der Waals surface area contributed by atoms with E-state index < -0.39 is 11.9 Å². The number of carboxylic acids is 1. The second-order valence-electron chi connectivity index (χ2n) is 4.56. The van der Waals surface area contributed by atoms with Crippen molar-refractivity contribution in [1.29, 1.82) is 5.26 Å². The predicted octanol–water partition coefficient (Wildman–Crippen LogP) is 3.05. The number of hydrogen-bond acceptors (Lipinski definition) is 4. The molecule has 0 amide bonds. The molecule has 2 N–H and O–H groups in total.